The maximum atomic E-state index is 11.7. The lowest BCUT2D eigenvalue weighted by molar-refractivity contribution is 0.0944. The predicted molar refractivity (Wildman–Crippen MR) is 57.8 cm³/mol. The lowest BCUT2D eigenvalue weighted by Crippen LogP contribution is -2.27. The molecule has 0 atom stereocenters. The third kappa shape index (κ3) is 2.28. The van der Waals surface area contributed by atoms with Crippen molar-refractivity contribution in [2.75, 3.05) is 6.54 Å². The van der Waals surface area contributed by atoms with Gasteiger partial charge in [-0.15, -0.1) is 0 Å². The molecule has 2 aromatic heterocycles. The first-order valence-corrected chi connectivity index (χ1v) is 5.02. The highest BCUT2D eigenvalue weighted by molar-refractivity contribution is 5.92. The monoisotopic (exact) mass is 219 g/mol. The van der Waals surface area contributed by atoms with Crippen LogP contribution in [0.1, 0.15) is 16.3 Å². The highest BCUT2D eigenvalue weighted by Crippen LogP contribution is 1.96. The summed E-state index contributed by atoms with van der Waals surface area (Å²) >= 11 is 0. The number of amides is 1. The minimum Gasteiger partial charge on any atom is -0.350 e. The lowest BCUT2D eigenvalue weighted by Gasteiger charge is -2.03. The molecule has 0 radical (unpaired) electrons. The first kappa shape index (κ1) is 10.4. The Balaban J connectivity index is 1.83. The summed E-state index contributed by atoms with van der Waals surface area (Å²) in [5.74, 6) is 0.747. The van der Waals surface area contributed by atoms with Crippen LogP contribution >= 0.6 is 0 Å². The van der Waals surface area contributed by atoms with Gasteiger partial charge in [0.2, 0.25) is 0 Å². The first-order chi connectivity index (χ1) is 7.77. The summed E-state index contributed by atoms with van der Waals surface area (Å²) in [6.45, 7) is 0.553. The van der Waals surface area contributed by atoms with Crippen molar-refractivity contribution in [3.05, 3.63) is 36.2 Å². The maximum absolute atomic E-state index is 11.7. The van der Waals surface area contributed by atoms with Crippen molar-refractivity contribution in [3.63, 3.8) is 0 Å². The summed E-state index contributed by atoms with van der Waals surface area (Å²) in [5.41, 5.74) is 0.555. The number of nitrogens with zero attached hydrogens (tertiary/aromatic N) is 3. The van der Waals surface area contributed by atoms with Crippen molar-refractivity contribution in [1.29, 1.82) is 0 Å². The molecule has 16 heavy (non-hydrogen) atoms. The average Bonchev–Trinajstić information content (AvgIpc) is 2.88. The highest BCUT2D eigenvalue weighted by atomic mass is 16.2. The molecule has 0 aliphatic heterocycles. The van der Waals surface area contributed by atoms with E-state index in [9.17, 15) is 4.79 Å². The zero-order valence-electron chi connectivity index (χ0n) is 8.97. The number of aryl methyl sites for hydroxylation is 1. The number of imidazole rings is 1. The Hall–Kier alpha value is -2.11. The zero-order chi connectivity index (χ0) is 11.4. The Labute approximate surface area is 92.7 Å². The number of hydrogen-bond donors (Lipinski definition) is 2. The predicted octanol–water partition coefficient (Wildman–Crippen LogP) is 0.116. The SMILES string of the molecule is Cn1nccc1C(=O)NCCc1ncc[nH]1. The van der Waals surface area contributed by atoms with Gasteiger partial charge in [0.15, 0.2) is 0 Å². The van der Waals surface area contributed by atoms with Crippen molar-refractivity contribution >= 4 is 5.91 Å². The van der Waals surface area contributed by atoms with Gasteiger partial charge in [-0.25, -0.2) is 4.98 Å². The first-order valence-electron chi connectivity index (χ1n) is 5.02. The second-order valence-corrected chi connectivity index (χ2v) is 3.38. The molecule has 2 N–H and O–H groups in total. The van der Waals surface area contributed by atoms with Crippen LogP contribution in [0.25, 0.3) is 0 Å². The van der Waals surface area contributed by atoms with Gasteiger partial charge in [-0.3, -0.25) is 9.48 Å². The molecule has 2 aromatic rings. The molecule has 6 heteroatoms. The fraction of sp³-hybridized carbons (Fsp3) is 0.300. The van der Waals surface area contributed by atoms with Gasteiger partial charge < -0.3 is 10.3 Å². The molecule has 0 aliphatic carbocycles. The smallest absolute Gasteiger partial charge is 0.269 e. The minimum atomic E-state index is -0.119. The highest BCUT2D eigenvalue weighted by Gasteiger charge is 2.08. The van der Waals surface area contributed by atoms with E-state index in [2.05, 4.69) is 20.4 Å². The molecule has 0 bridgehead atoms. The summed E-state index contributed by atoms with van der Waals surface area (Å²) in [5, 5.41) is 6.74. The Kier molecular flexibility index (Phi) is 3.00. The van der Waals surface area contributed by atoms with E-state index in [4.69, 9.17) is 0 Å². The number of aromatic amines is 1. The largest absolute Gasteiger partial charge is 0.350 e. The van der Waals surface area contributed by atoms with Gasteiger partial charge in [0.25, 0.3) is 5.91 Å². The molecule has 0 spiro atoms. The number of H-pyrrole nitrogens is 1. The zero-order valence-corrected chi connectivity index (χ0v) is 8.97. The molecule has 0 aromatic carbocycles. The normalized spacial score (nSPS) is 10.3. The molecule has 0 unspecified atom stereocenters. The molecule has 0 saturated carbocycles. The lowest BCUT2D eigenvalue weighted by atomic mass is 10.3. The molecule has 1 amide bonds. The number of hydrogen-bond acceptors (Lipinski definition) is 3. The number of aromatic nitrogens is 4. The van der Waals surface area contributed by atoms with Gasteiger partial charge >= 0.3 is 0 Å². The maximum Gasteiger partial charge on any atom is 0.269 e. The fourth-order valence-electron chi connectivity index (χ4n) is 1.42. The molecular weight excluding hydrogens is 206 g/mol. The van der Waals surface area contributed by atoms with Gasteiger partial charge in [0.05, 0.1) is 0 Å². The standard InChI is InChI=1S/C10H13N5O/c1-15-8(2-5-14-15)10(16)13-4-3-9-11-6-7-12-9/h2,5-7H,3-4H2,1H3,(H,11,12)(H,13,16). The molecule has 0 saturated heterocycles. The number of carbonyl (C=O) groups is 1. The summed E-state index contributed by atoms with van der Waals surface area (Å²) < 4.78 is 1.54. The van der Waals surface area contributed by atoms with Gasteiger partial charge in [0, 0.05) is 38.6 Å². The van der Waals surface area contributed by atoms with Crippen molar-refractivity contribution in [1.82, 2.24) is 25.1 Å². The van der Waals surface area contributed by atoms with Gasteiger partial charge in [-0.05, 0) is 6.07 Å². The van der Waals surface area contributed by atoms with Crippen LogP contribution in [0, 0.1) is 0 Å². The molecule has 0 aliphatic rings. The summed E-state index contributed by atoms with van der Waals surface area (Å²) in [6.07, 6.45) is 5.74. The van der Waals surface area contributed by atoms with Gasteiger partial charge in [-0.1, -0.05) is 0 Å². The van der Waals surface area contributed by atoms with E-state index in [1.807, 2.05) is 0 Å². The van der Waals surface area contributed by atoms with Gasteiger partial charge in [-0.2, -0.15) is 5.10 Å². The van der Waals surface area contributed by atoms with E-state index in [1.165, 1.54) is 0 Å². The summed E-state index contributed by atoms with van der Waals surface area (Å²) in [4.78, 5) is 18.7. The van der Waals surface area contributed by atoms with Crippen LogP contribution in [0.15, 0.2) is 24.7 Å². The number of rotatable bonds is 4. The number of carbonyl (C=O) groups excluding carboxylic acids is 1. The Morgan fingerprint density at radius 2 is 2.44 bits per heavy atom. The van der Waals surface area contributed by atoms with E-state index in [1.54, 1.807) is 36.4 Å². The summed E-state index contributed by atoms with van der Waals surface area (Å²) in [6, 6.07) is 1.68. The van der Waals surface area contributed by atoms with Gasteiger partial charge in [0.1, 0.15) is 11.5 Å². The van der Waals surface area contributed by atoms with E-state index >= 15 is 0 Å². The van der Waals surface area contributed by atoms with Crippen molar-refractivity contribution < 1.29 is 4.79 Å². The Bertz CT molecular complexity index is 459. The Morgan fingerprint density at radius 1 is 1.56 bits per heavy atom. The third-order valence-electron chi connectivity index (χ3n) is 2.26. The second-order valence-electron chi connectivity index (χ2n) is 3.38. The Morgan fingerprint density at radius 3 is 3.06 bits per heavy atom. The van der Waals surface area contributed by atoms with Crippen LogP contribution < -0.4 is 5.32 Å². The molecule has 0 fully saturated rings. The molecule has 2 rings (SSSR count). The van der Waals surface area contributed by atoms with E-state index in [0.29, 0.717) is 18.7 Å². The van der Waals surface area contributed by atoms with E-state index in [-0.39, 0.29) is 5.91 Å². The number of nitrogens with one attached hydrogen (secondary N) is 2. The molecular formula is C10H13N5O. The molecule has 6 nitrogen and oxygen atoms in total. The topological polar surface area (TPSA) is 75.6 Å². The van der Waals surface area contributed by atoms with Crippen molar-refractivity contribution in [3.8, 4) is 0 Å². The minimum absolute atomic E-state index is 0.119. The fourth-order valence-corrected chi connectivity index (χ4v) is 1.42. The second kappa shape index (κ2) is 4.61. The van der Waals surface area contributed by atoms with Crippen LogP contribution in [-0.4, -0.2) is 32.2 Å². The molecule has 84 valence electrons. The average molecular weight is 219 g/mol. The van der Waals surface area contributed by atoms with Crippen LogP contribution in [-0.2, 0) is 13.5 Å². The van der Waals surface area contributed by atoms with Crippen LogP contribution in [0.2, 0.25) is 0 Å². The summed E-state index contributed by atoms with van der Waals surface area (Å²) in [7, 11) is 1.74. The van der Waals surface area contributed by atoms with Crippen LogP contribution in [0.4, 0.5) is 0 Å². The molecule has 2 heterocycles. The van der Waals surface area contributed by atoms with E-state index in [0.717, 1.165) is 5.82 Å². The van der Waals surface area contributed by atoms with Crippen molar-refractivity contribution in [2.45, 2.75) is 6.42 Å². The van der Waals surface area contributed by atoms with Crippen LogP contribution in [0.3, 0.4) is 0 Å². The van der Waals surface area contributed by atoms with Crippen LogP contribution in [0.5, 0.6) is 0 Å². The third-order valence-corrected chi connectivity index (χ3v) is 2.26. The van der Waals surface area contributed by atoms with E-state index < -0.39 is 0 Å². The van der Waals surface area contributed by atoms with Crippen molar-refractivity contribution in [2.24, 2.45) is 7.05 Å². The quantitative estimate of drug-likeness (QED) is 0.766.